The number of rotatable bonds is 5. The number of aromatic nitrogens is 2. The van der Waals surface area contributed by atoms with Crippen molar-refractivity contribution in [2.24, 2.45) is 0 Å². The van der Waals surface area contributed by atoms with Crippen molar-refractivity contribution >= 4 is 34.5 Å². The van der Waals surface area contributed by atoms with Crippen LogP contribution in [0.3, 0.4) is 0 Å². The first kappa shape index (κ1) is 22.0. The molecule has 0 aliphatic carbocycles. The molecule has 2 aromatic heterocycles. The first-order chi connectivity index (χ1) is 16.6. The zero-order chi connectivity index (χ0) is 23.5. The van der Waals surface area contributed by atoms with E-state index in [0.717, 1.165) is 39.6 Å². The summed E-state index contributed by atoms with van der Waals surface area (Å²) in [5.41, 5.74) is 5.17. The Balaban J connectivity index is 1.40. The molecule has 6 nitrogen and oxygen atoms in total. The maximum absolute atomic E-state index is 13.6. The topological polar surface area (TPSA) is 75.2 Å². The highest BCUT2D eigenvalue weighted by Crippen LogP contribution is 2.32. The number of benzene rings is 2. The van der Waals surface area contributed by atoms with Crippen molar-refractivity contribution in [2.75, 3.05) is 10.2 Å². The van der Waals surface area contributed by atoms with Crippen LogP contribution in [-0.2, 0) is 22.4 Å². The van der Waals surface area contributed by atoms with Crippen molar-refractivity contribution in [2.45, 2.75) is 32.2 Å². The van der Waals surface area contributed by atoms with Gasteiger partial charge in [0.1, 0.15) is 11.0 Å². The molecule has 0 spiro atoms. The van der Waals surface area contributed by atoms with Gasteiger partial charge in [0.2, 0.25) is 11.8 Å². The fraction of sp³-hybridized carbons (Fsp3) is 0.185. The molecule has 2 aromatic carbocycles. The van der Waals surface area contributed by atoms with Gasteiger partial charge < -0.3 is 5.32 Å². The van der Waals surface area contributed by atoms with Crippen LogP contribution in [0.5, 0.6) is 0 Å². The molecule has 0 saturated heterocycles. The zero-order valence-corrected chi connectivity index (χ0v) is 19.6. The minimum absolute atomic E-state index is 0.117. The van der Waals surface area contributed by atoms with E-state index in [1.807, 2.05) is 79.0 Å². The molecular formula is C27H24N4O2S. The third-order valence-electron chi connectivity index (χ3n) is 5.91. The molecule has 3 heterocycles. The highest BCUT2D eigenvalue weighted by Gasteiger charge is 2.35. The summed E-state index contributed by atoms with van der Waals surface area (Å²) in [6, 6.07) is 20.6. The van der Waals surface area contributed by atoms with Crippen molar-refractivity contribution in [1.82, 2.24) is 9.97 Å². The molecule has 1 aliphatic rings. The Hall–Kier alpha value is -3.84. The van der Waals surface area contributed by atoms with Gasteiger partial charge in [0.15, 0.2) is 0 Å². The molecule has 0 saturated carbocycles. The molecule has 5 rings (SSSR count). The monoisotopic (exact) mass is 468 g/mol. The Morgan fingerprint density at radius 2 is 1.85 bits per heavy atom. The highest BCUT2D eigenvalue weighted by molar-refractivity contribution is 7.13. The lowest BCUT2D eigenvalue weighted by Crippen LogP contribution is -2.50. The molecule has 170 valence electrons. The number of amides is 2. The van der Waals surface area contributed by atoms with Crippen molar-refractivity contribution in [3.63, 3.8) is 0 Å². The molecule has 0 radical (unpaired) electrons. The van der Waals surface area contributed by atoms with Crippen LogP contribution < -0.4 is 10.2 Å². The predicted molar refractivity (Wildman–Crippen MR) is 135 cm³/mol. The van der Waals surface area contributed by atoms with E-state index >= 15 is 0 Å². The molecule has 1 N–H and O–H groups in total. The molecule has 2 amide bonds. The minimum Gasteiger partial charge on any atom is -0.324 e. The van der Waals surface area contributed by atoms with E-state index in [-0.39, 0.29) is 18.2 Å². The van der Waals surface area contributed by atoms with Gasteiger partial charge in [-0.1, -0.05) is 42.0 Å². The average molecular weight is 469 g/mol. The van der Waals surface area contributed by atoms with Gasteiger partial charge >= 0.3 is 0 Å². The second-order valence-corrected chi connectivity index (χ2v) is 9.20. The number of hydrogen-bond acceptors (Lipinski definition) is 5. The maximum Gasteiger partial charge on any atom is 0.247 e. The number of carbonyl (C=O) groups is 2. The summed E-state index contributed by atoms with van der Waals surface area (Å²) in [6.07, 6.45) is 3.15. The van der Waals surface area contributed by atoms with Gasteiger partial charge in [0.05, 0.1) is 17.8 Å². The number of carbonyl (C=O) groups excluding carboxylic acids is 2. The fourth-order valence-corrected chi connectivity index (χ4v) is 5.00. The maximum atomic E-state index is 13.6. The van der Waals surface area contributed by atoms with E-state index in [0.29, 0.717) is 12.1 Å². The number of hydrogen-bond donors (Lipinski definition) is 1. The summed E-state index contributed by atoms with van der Waals surface area (Å²) in [5.74, 6) is -0.326. The van der Waals surface area contributed by atoms with Crippen LogP contribution in [0.4, 0.5) is 11.4 Å². The van der Waals surface area contributed by atoms with Gasteiger partial charge in [0.25, 0.3) is 0 Å². The lowest BCUT2D eigenvalue weighted by Gasteiger charge is -2.36. The van der Waals surface area contributed by atoms with Crippen LogP contribution in [0.2, 0.25) is 0 Å². The fourth-order valence-electron chi connectivity index (χ4n) is 4.20. The lowest BCUT2D eigenvalue weighted by molar-refractivity contribution is -0.123. The van der Waals surface area contributed by atoms with Gasteiger partial charge in [-0.3, -0.25) is 19.5 Å². The molecule has 7 heteroatoms. The molecule has 0 fully saturated rings. The van der Waals surface area contributed by atoms with Crippen LogP contribution in [-0.4, -0.2) is 27.8 Å². The predicted octanol–water partition coefficient (Wildman–Crippen LogP) is 5.04. The van der Waals surface area contributed by atoms with Crippen LogP contribution in [0.15, 0.2) is 78.3 Å². The second kappa shape index (κ2) is 9.57. The van der Waals surface area contributed by atoms with Crippen molar-refractivity contribution in [3.05, 3.63) is 95.1 Å². The molecule has 1 aliphatic heterocycles. The number of thiazole rings is 1. The number of anilines is 2. The minimum atomic E-state index is -0.586. The second-order valence-electron chi connectivity index (χ2n) is 8.34. The number of para-hydroxylation sites is 1. The first-order valence-corrected chi connectivity index (χ1v) is 12.1. The first-order valence-electron chi connectivity index (χ1n) is 11.2. The summed E-state index contributed by atoms with van der Waals surface area (Å²) in [5, 5.41) is 5.65. The SMILES string of the molecule is Cc1ccc(NC(=O)[C@H]2CCc3ccccc3N2C(=O)Cc2csc(-c3ccccn3)n2)cc1. The van der Waals surface area contributed by atoms with Gasteiger partial charge in [-0.2, -0.15) is 0 Å². The zero-order valence-electron chi connectivity index (χ0n) is 18.8. The summed E-state index contributed by atoms with van der Waals surface area (Å²) >= 11 is 1.46. The quantitative estimate of drug-likeness (QED) is 0.445. The Morgan fingerprint density at radius 1 is 1.06 bits per heavy atom. The third kappa shape index (κ3) is 4.61. The number of nitrogens with zero attached hydrogens (tertiary/aromatic N) is 3. The summed E-state index contributed by atoms with van der Waals surface area (Å²) in [6.45, 7) is 2.00. The van der Waals surface area contributed by atoms with E-state index in [4.69, 9.17) is 0 Å². The van der Waals surface area contributed by atoms with Crippen molar-refractivity contribution in [1.29, 1.82) is 0 Å². The Kier molecular flexibility index (Phi) is 6.18. The molecule has 34 heavy (non-hydrogen) atoms. The van der Waals surface area contributed by atoms with Crippen LogP contribution in [0.25, 0.3) is 10.7 Å². The molecule has 4 aromatic rings. The highest BCUT2D eigenvalue weighted by atomic mass is 32.1. The lowest BCUT2D eigenvalue weighted by atomic mass is 9.94. The standard InChI is InChI=1S/C27H24N4O2S/c1-18-9-12-20(13-10-18)29-26(33)24-14-11-19-6-2-3-8-23(19)31(24)25(32)16-21-17-34-27(30-21)22-7-4-5-15-28-22/h2-10,12-13,15,17,24H,11,14,16H2,1H3,(H,29,33)/t24-/m1/s1. The number of aryl methyl sites for hydroxylation is 2. The molecular weight excluding hydrogens is 444 g/mol. The smallest absolute Gasteiger partial charge is 0.247 e. The van der Waals surface area contributed by atoms with Crippen molar-refractivity contribution < 1.29 is 9.59 Å². The average Bonchev–Trinajstić information content (AvgIpc) is 3.33. The van der Waals surface area contributed by atoms with Crippen molar-refractivity contribution in [3.8, 4) is 10.7 Å². The van der Waals surface area contributed by atoms with E-state index in [2.05, 4.69) is 15.3 Å². The van der Waals surface area contributed by atoms with E-state index in [1.54, 1.807) is 11.1 Å². The third-order valence-corrected chi connectivity index (χ3v) is 6.82. The van der Waals surface area contributed by atoms with Gasteiger partial charge in [-0.05, 0) is 55.7 Å². The normalized spacial score (nSPS) is 15.0. The van der Waals surface area contributed by atoms with Gasteiger partial charge in [0, 0.05) is 23.0 Å². The molecule has 0 bridgehead atoms. The largest absolute Gasteiger partial charge is 0.324 e. The summed E-state index contributed by atoms with van der Waals surface area (Å²) in [4.78, 5) is 37.5. The Bertz CT molecular complexity index is 1320. The number of nitrogens with one attached hydrogen (secondary N) is 1. The summed E-state index contributed by atoms with van der Waals surface area (Å²) in [7, 11) is 0. The summed E-state index contributed by atoms with van der Waals surface area (Å²) < 4.78 is 0. The van der Waals surface area contributed by atoms with E-state index in [9.17, 15) is 9.59 Å². The molecule has 0 unspecified atom stereocenters. The number of fused-ring (bicyclic) bond motifs is 1. The van der Waals surface area contributed by atoms with Crippen LogP contribution in [0, 0.1) is 6.92 Å². The van der Waals surface area contributed by atoms with Crippen LogP contribution >= 0.6 is 11.3 Å². The van der Waals surface area contributed by atoms with E-state index < -0.39 is 6.04 Å². The van der Waals surface area contributed by atoms with Gasteiger partial charge in [-0.25, -0.2) is 4.98 Å². The van der Waals surface area contributed by atoms with Crippen LogP contribution in [0.1, 0.15) is 23.2 Å². The Labute approximate surface area is 202 Å². The van der Waals surface area contributed by atoms with Gasteiger partial charge in [-0.15, -0.1) is 11.3 Å². The Morgan fingerprint density at radius 3 is 2.65 bits per heavy atom. The number of pyridine rings is 1. The van der Waals surface area contributed by atoms with E-state index in [1.165, 1.54) is 11.3 Å². The molecule has 1 atom stereocenters.